The van der Waals surface area contributed by atoms with Gasteiger partial charge in [-0.15, -0.1) is 0 Å². The van der Waals surface area contributed by atoms with Crippen molar-refractivity contribution in [1.82, 2.24) is 0 Å². The van der Waals surface area contributed by atoms with Gasteiger partial charge in [-0.2, -0.15) is 0 Å². The summed E-state index contributed by atoms with van der Waals surface area (Å²) in [6.07, 6.45) is 2.31. The van der Waals surface area contributed by atoms with Crippen molar-refractivity contribution in [3.05, 3.63) is 34.7 Å². The number of hydrogen-bond donors (Lipinski definition) is 0. The third kappa shape index (κ3) is 2.09. The maximum atomic E-state index is 5.10. The molecule has 0 N–H and O–H groups in total. The monoisotopic (exact) mass is 146 g/mol. The third-order valence-corrected chi connectivity index (χ3v) is 1.62. The molecule has 0 fully saturated rings. The highest BCUT2D eigenvalue weighted by Gasteiger charge is 1.97. The largest absolute Gasteiger partial charge is 0.339 e. The molecule has 0 aromatic heterocycles. The van der Waals surface area contributed by atoms with Crippen molar-refractivity contribution in [2.75, 3.05) is 0 Å². The summed E-state index contributed by atoms with van der Waals surface area (Å²) >= 11 is 0. The van der Waals surface area contributed by atoms with Gasteiger partial charge in [0.1, 0.15) is 0 Å². The predicted octanol–water partition coefficient (Wildman–Crippen LogP) is 3.23. The summed E-state index contributed by atoms with van der Waals surface area (Å²) in [6, 6.07) is 8.00. The second-order valence-corrected chi connectivity index (χ2v) is 2.55. The molecule has 0 spiro atoms. The van der Waals surface area contributed by atoms with Crippen LogP contribution in [-0.4, -0.2) is 0 Å². The normalized spacial score (nSPS) is 9.09. The maximum absolute atomic E-state index is 5.10. The van der Waals surface area contributed by atoms with Crippen LogP contribution >= 0.6 is 0 Å². The molecule has 1 aromatic carbocycles. The smallest absolute Gasteiger partial charge is 0.0651 e. The number of aryl methyl sites for hydroxylation is 1. The molecule has 0 heterocycles. The van der Waals surface area contributed by atoms with Crippen LogP contribution in [0.5, 0.6) is 0 Å². The van der Waals surface area contributed by atoms with Crippen LogP contribution in [0.25, 0.3) is 4.85 Å². The summed E-state index contributed by atoms with van der Waals surface area (Å²) < 4.78 is 0. The van der Waals surface area contributed by atoms with Gasteiger partial charge in [-0.3, -0.25) is 0 Å². The molecule has 0 aliphatic carbocycles. The van der Waals surface area contributed by atoms with Crippen molar-refractivity contribution in [3.8, 4) is 6.57 Å². The highest BCUT2D eigenvalue weighted by atomic mass is 14.6. The molecule has 0 saturated heterocycles. The van der Waals surface area contributed by atoms with Crippen LogP contribution in [0.3, 0.4) is 0 Å². The summed E-state index contributed by atoms with van der Waals surface area (Å²) in [5.41, 5.74) is 2.18. The molecule has 0 bridgehead atoms. The Hall–Kier alpha value is -1.29. The van der Waals surface area contributed by atoms with Gasteiger partial charge in [0.25, 0.3) is 6.57 Å². The molecule has 1 rings (SSSR count). The summed E-state index contributed by atoms with van der Waals surface area (Å²) in [6.45, 7) is 7.27. The molecule has 0 radical (unpaired) electrons. The number of benzene rings is 1. The van der Waals surface area contributed by atoms with Crippen LogP contribution in [0, 0.1) is 6.57 Å². The van der Waals surface area contributed by atoms with Crippen LogP contribution in [0.4, 0.5) is 5.69 Å². The van der Waals surface area contributed by atoms with Crippen molar-refractivity contribution in [3.63, 3.8) is 0 Å². The van der Waals surface area contributed by atoms with Gasteiger partial charge in [0.05, 0.1) is 0 Å². The number of nitrogens with zero attached hydrogens (tertiary/aromatic N) is 1. The van der Waals surface area contributed by atoms with E-state index in [1.165, 1.54) is 12.0 Å². The van der Waals surface area contributed by atoms with E-state index in [4.69, 9.17) is 6.57 Å². The molecule has 0 amide bonds. The van der Waals surface area contributed by atoms with Crippen LogP contribution in [-0.2, 0) is 6.42 Å². The topological polar surface area (TPSA) is 4.36 Å². The minimum atomic E-state index is 0.838. The van der Waals surface area contributed by atoms with Crippen molar-refractivity contribution in [2.24, 2.45) is 0 Å². The Bertz CT molecular complexity index is 253. The van der Waals surface area contributed by atoms with Gasteiger partial charge >= 0.3 is 5.69 Å². The lowest BCUT2D eigenvalue weighted by Crippen LogP contribution is -1.79. The Balaban J connectivity index is 2.76. The molecular weight excluding hydrogens is 134 g/mol. The van der Waals surface area contributed by atoms with Gasteiger partial charge in [0.15, 0.2) is 0 Å². The lowest BCUT2D eigenvalue weighted by atomic mass is 10.1. The molecule has 0 saturated carbocycles. The molecule has 1 nitrogen and oxygen atoms in total. The average molecular weight is 146 g/mol. The van der Waals surface area contributed by atoms with E-state index >= 15 is 0 Å². The van der Waals surface area contributed by atoms with E-state index in [2.05, 4.69) is 23.9 Å². The highest BCUT2D eigenvalue weighted by Crippen LogP contribution is 2.13. The lowest BCUT2D eigenvalue weighted by molar-refractivity contribution is 0.922. The minimum absolute atomic E-state index is 0.838. The fourth-order valence-corrected chi connectivity index (χ4v) is 1.04. The molecule has 11 heavy (non-hydrogen) atoms. The van der Waals surface area contributed by atoms with Gasteiger partial charge in [-0.1, -0.05) is 25.5 Å². The summed E-state index contributed by atoms with van der Waals surface area (Å²) in [5, 5.41) is 0. The van der Waals surface area contributed by atoms with Gasteiger partial charge in [-0.05, 0) is 16.8 Å². The first-order chi connectivity index (χ1) is 5.36. The quantitative estimate of drug-likeness (QED) is 0.603. The number of rotatable bonds is 2. The zero-order valence-electron chi connectivity index (χ0n) is 6.75. The molecular formula is C10H12N+. The highest BCUT2D eigenvalue weighted by molar-refractivity contribution is 5.46. The zero-order valence-corrected chi connectivity index (χ0v) is 6.75. The fourth-order valence-electron chi connectivity index (χ4n) is 1.04. The molecule has 0 atom stereocenters. The van der Waals surface area contributed by atoms with E-state index in [-0.39, 0.29) is 0 Å². The van der Waals surface area contributed by atoms with Crippen molar-refractivity contribution < 1.29 is 0 Å². The second kappa shape index (κ2) is 3.78. The molecule has 1 heteroatoms. The van der Waals surface area contributed by atoms with Crippen LogP contribution in [0.15, 0.2) is 24.3 Å². The van der Waals surface area contributed by atoms with Crippen LogP contribution in [0.1, 0.15) is 18.9 Å². The first kappa shape index (κ1) is 7.81. The Labute approximate surface area is 67.5 Å². The van der Waals surface area contributed by atoms with Crippen LogP contribution < -0.4 is 0 Å². The van der Waals surface area contributed by atoms with Gasteiger partial charge in [-0.25, -0.2) is 0 Å². The molecule has 56 valence electrons. The predicted molar refractivity (Wildman–Crippen MR) is 48.4 cm³/mol. The van der Waals surface area contributed by atoms with Crippen molar-refractivity contribution >= 4 is 5.69 Å². The Morgan fingerprint density at radius 3 is 2.36 bits per heavy atom. The third-order valence-electron chi connectivity index (χ3n) is 1.62. The van der Waals surface area contributed by atoms with Gasteiger partial charge in [0, 0.05) is 12.1 Å². The van der Waals surface area contributed by atoms with E-state index in [9.17, 15) is 0 Å². The molecule has 0 aliphatic heterocycles. The average Bonchev–Trinajstić information content (AvgIpc) is 2.07. The van der Waals surface area contributed by atoms with E-state index in [0.29, 0.717) is 0 Å². The van der Waals surface area contributed by atoms with E-state index in [0.717, 1.165) is 12.1 Å². The van der Waals surface area contributed by atoms with E-state index in [1.807, 2.05) is 12.1 Å². The minimum Gasteiger partial charge on any atom is -0.0651 e. The maximum Gasteiger partial charge on any atom is 0.339 e. The Kier molecular flexibility index (Phi) is 2.68. The number of hydrogen-bond acceptors (Lipinski definition) is 0. The molecule has 1 aromatic rings. The van der Waals surface area contributed by atoms with E-state index in [1.54, 1.807) is 0 Å². The fraction of sp³-hybridized carbons (Fsp3) is 0.300. The van der Waals surface area contributed by atoms with Gasteiger partial charge < -0.3 is 0 Å². The molecule has 0 aliphatic rings. The Morgan fingerprint density at radius 2 is 1.91 bits per heavy atom. The lowest BCUT2D eigenvalue weighted by Gasteiger charge is -1.93. The summed E-state index contributed by atoms with van der Waals surface area (Å²) in [4.78, 5) is 3.57. The Morgan fingerprint density at radius 1 is 1.27 bits per heavy atom. The second-order valence-electron chi connectivity index (χ2n) is 2.55. The zero-order chi connectivity index (χ0) is 8.10. The van der Waals surface area contributed by atoms with Crippen molar-refractivity contribution in [1.29, 1.82) is 0 Å². The van der Waals surface area contributed by atoms with Crippen molar-refractivity contribution in [2.45, 2.75) is 19.8 Å². The molecule has 0 unspecified atom stereocenters. The van der Waals surface area contributed by atoms with Crippen LogP contribution in [0.2, 0.25) is 0 Å². The summed E-state index contributed by atoms with van der Waals surface area (Å²) in [7, 11) is 0. The first-order valence-electron chi connectivity index (χ1n) is 3.86. The van der Waals surface area contributed by atoms with Gasteiger partial charge in [0.2, 0.25) is 0 Å². The standard InChI is InChI=1S/C10H12N/c1-3-4-9-5-7-10(11-2)8-6-9/h2,5-8H,3-4H2,1H3/q+1. The summed E-state index contributed by atoms with van der Waals surface area (Å²) in [5.74, 6) is 0. The van der Waals surface area contributed by atoms with E-state index < -0.39 is 0 Å². The SMILES string of the molecule is C#[N+]c1ccc(CCC)cc1. The first-order valence-corrected chi connectivity index (χ1v) is 3.86.